The van der Waals surface area contributed by atoms with Crippen molar-refractivity contribution in [3.63, 3.8) is 0 Å². The largest absolute Gasteiger partial charge is 0.368 e. The van der Waals surface area contributed by atoms with Crippen molar-refractivity contribution in [2.45, 2.75) is 19.1 Å². The van der Waals surface area contributed by atoms with Crippen molar-refractivity contribution in [2.75, 3.05) is 5.75 Å². The average Bonchev–Trinajstić information content (AvgIpc) is 1.59. The first-order chi connectivity index (χ1) is 4.42. The van der Waals surface area contributed by atoms with Crippen LogP contribution in [-0.4, -0.2) is 35.2 Å². The van der Waals surface area contributed by atoms with E-state index >= 15 is 0 Å². The van der Waals surface area contributed by atoms with Crippen LogP contribution in [0.3, 0.4) is 0 Å². The van der Waals surface area contributed by atoms with Gasteiger partial charge < -0.3 is 10.2 Å². The fraction of sp³-hybridized carbons (Fsp3) is 1.00. The van der Waals surface area contributed by atoms with E-state index in [0.29, 0.717) is 0 Å². The summed E-state index contributed by atoms with van der Waals surface area (Å²) in [7, 11) is -3.94. The molecule has 0 aliphatic carbocycles. The van der Waals surface area contributed by atoms with Crippen molar-refractivity contribution in [2.24, 2.45) is 0 Å². The number of hydrogen-bond acceptors (Lipinski definition) is 4. The predicted octanol–water partition coefficient (Wildman–Crippen LogP) is -1.03. The molecule has 0 aromatic rings. The summed E-state index contributed by atoms with van der Waals surface area (Å²) in [4.78, 5) is 0. The van der Waals surface area contributed by atoms with E-state index in [1.807, 2.05) is 0 Å². The standard InChI is InChI=1S/C4H10O5S/c5-4(6)2-1-3-10(7,8)9/h4-6H,1-3H2,(H,7,8,9). The van der Waals surface area contributed by atoms with Crippen LogP contribution in [0.5, 0.6) is 0 Å². The summed E-state index contributed by atoms with van der Waals surface area (Å²) in [5.41, 5.74) is 0. The number of aliphatic hydroxyl groups is 2. The molecule has 0 aliphatic heterocycles. The predicted molar refractivity (Wildman–Crippen MR) is 33.9 cm³/mol. The Hall–Kier alpha value is -0.170. The Kier molecular flexibility index (Phi) is 3.80. The topological polar surface area (TPSA) is 94.8 Å². The third kappa shape index (κ3) is 7.83. The fourth-order valence-electron chi connectivity index (χ4n) is 0.448. The van der Waals surface area contributed by atoms with Gasteiger partial charge >= 0.3 is 0 Å². The molecule has 0 aromatic carbocycles. The molecule has 0 aliphatic rings. The third-order valence-electron chi connectivity index (χ3n) is 0.865. The van der Waals surface area contributed by atoms with E-state index in [4.69, 9.17) is 14.8 Å². The molecule has 62 valence electrons. The SMILES string of the molecule is O=S(=O)(O)CCCC(O)O. The van der Waals surface area contributed by atoms with Crippen LogP contribution in [0.1, 0.15) is 12.8 Å². The van der Waals surface area contributed by atoms with E-state index < -0.39 is 22.2 Å². The van der Waals surface area contributed by atoms with Gasteiger partial charge in [-0.25, -0.2) is 0 Å². The summed E-state index contributed by atoms with van der Waals surface area (Å²) >= 11 is 0. The van der Waals surface area contributed by atoms with Gasteiger partial charge in [-0.05, 0) is 12.8 Å². The third-order valence-corrected chi connectivity index (χ3v) is 1.67. The normalized spacial score (nSPS) is 12.4. The minimum atomic E-state index is -3.94. The minimum absolute atomic E-state index is 0.0419. The second-order valence-corrected chi connectivity index (χ2v) is 3.48. The van der Waals surface area contributed by atoms with Crippen LogP contribution >= 0.6 is 0 Å². The van der Waals surface area contributed by atoms with Crippen molar-refractivity contribution < 1.29 is 23.2 Å². The van der Waals surface area contributed by atoms with Crippen LogP contribution in [0.2, 0.25) is 0 Å². The Morgan fingerprint density at radius 3 is 2.10 bits per heavy atom. The van der Waals surface area contributed by atoms with E-state index in [1.54, 1.807) is 0 Å². The first-order valence-electron chi connectivity index (χ1n) is 2.73. The van der Waals surface area contributed by atoms with Crippen LogP contribution in [-0.2, 0) is 10.1 Å². The number of hydrogen-bond donors (Lipinski definition) is 3. The van der Waals surface area contributed by atoms with Crippen molar-refractivity contribution in [3.8, 4) is 0 Å². The van der Waals surface area contributed by atoms with Crippen molar-refractivity contribution in [1.29, 1.82) is 0 Å². The van der Waals surface area contributed by atoms with Gasteiger partial charge in [0, 0.05) is 0 Å². The highest BCUT2D eigenvalue weighted by atomic mass is 32.2. The molecule has 0 saturated heterocycles. The van der Waals surface area contributed by atoms with Crippen molar-refractivity contribution in [1.82, 2.24) is 0 Å². The molecule has 6 heteroatoms. The first-order valence-corrected chi connectivity index (χ1v) is 4.34. The van der Waals surface area contributed by atoms with E-state index in [9.17, 15) is 8.42 Å². The smallest absolute Gasteiger partial charge is 0.264 e. The molecule has 0 radical (unpaired) electrons. The maximum atomic E-state index is 10.0. The van der Waals surface area contributed by atoms with Crippen LogP contribution in [0, 0.1) is 0 Å². The second-order valence-electron chi connectivity index (χ2n) is 1.91. The zero-order chi connectivity index (χ0) is 8.20. The Bertz CT molecular complexity index is 170. The van der Waals surface area contributed by atoms with E-state index in [1.165, 1.54) is 0 Å². The number of rotatable bonds is 4. The summed E-state index contributed by atoms with van der Waals surface area (Å²) in [6.07, 6.45) is -1.49. The molecule has 0 atom stereocenters. The molecule has 5 nitrogen and oxygen atoms in total. The monoisotopic (exact) mass is 170 g/mol. The molecular formula is C4H10O5S. The lowest BCUT2D eigenvalue weighted by Crippen LogP contribution is -2.09. The number of aliphatic hydroxyl groups excluding tert-OH is 1. The molecular weight excluding hydrogens is 160 g/mol. The Balaban J connectivity index is 3.39. The highest BCUT2D eigenvalue weighted by molar-refractivity contribution is 7.85. The molecule has 0 bridgehead atoms. The van der Waals surface area contributed by atoms with Crippen LogP contribution in [0.4, 0.5) is 0 Å². The van der Waals surface area contributed by atoms with Crippen molar-refractivity contribution >= 4 is 10.1 Å². The highest BCUT2D eigenvalue weighted by Gasteiger charge is 2.05. The Morgan fingerprint density at radius 1 is 1.30 bits per heavy atom. The maximum absolute atomic E-state index is 10.0. The molecule has 0 heterocycles. The molecule has 0 aromatic heterocycles. The molecule has 0 unspecified atom stereocenters. The summed E-state index contributed by atoms with van der Waals surface area (Å²) in [5, 5.41) is 16.5. The first kappa shape index (κ1) is 9.83. The molecule has 0 spiro atoms. The summed E-state index contributed by atoms with van der Waals surface area (Å²) in [6.45, 7) is 0. The van der Waals surface area contributed by atoms with Crippen LogP contribution in [0.15, 0.2) is 0 Å². The lowest BCUT2D eigenvalue weighted by Gasteiger charge is -1.99. The zero-order valence-corrected chi connectivity index (χ0v) is 6.08. The van der Waals surface area contributed by atoms with Gasteiger partial charge in [-0.1, -0.05) is 0 Å². The van der Waals surface area contributed by atoms with Crippen LogP contribution < -0.4 is 0 Å². The van der Waals surface area contributed by atoms with E-state index in [-0.39, 0.29) is 12.8 Å². The average molecular weight is 170 g/mol. The van der Waals surface area contributed by atoms with Gasteiger partial charge in [0.25, 0.3) is 10.1 Å². The maximum Gasteiger partial charge on any atom is 0.264 e. The van der Waals surface area contributed by atoms with Crippen LogP contribution in [0.25, 0.3) is 0 Å². The summed E-state index contributed by atoms with van der Waals surface area (Å²) < 4.78 is 28.1. The van der Waals surface area contributed by atoms with Gasteiger partial charge in [0.05, 0.1) is 5.75 Å². The van der Waals surface area contributed by atoms with Crippen molar-refractivity contribution in [3.05, 3.63) is 0 Å². The minimum Gasteiger partial charge on any atom is -0.368 e. The lowest BCUT2D eigenvalue weighted by atomic mass is 10.3. The Morgan fingerprint density at radius 2 is 1.80 bits per heavy atom. The molecule has 3 N–H and O–H groups in total. The molecule has 0 saturated carbocycles. The van der Waals surface area contributed by atoms with E-state index in [2.05, 4.69) is 0 Å². The second kappa shape index (κ2) is 3.87. The summed E-state index contributed by atoms with van der Waals surface area (Å²) in [6, 6.07) is 0. The molecule has 0 amide bonds. The van der Waals surface area contributed by atoms with Gasteiger partial charge in [0.2, 0.25) is 0 Å². The van der Waals surface area contributed by atoms with Gasteiger partial charge in [-0.2, -0.15) is 8.42 Å². The van der Waals surface area contributed by atoms with Gasteiger partial charge in [0.1, 0.15) is 0 Å². The van der Waals surface area contributed by atoms with Gasteiger partial charge in [-0.3, -0.25) is 4.55 Å². The molecule has 0 rings (SSSR count). The van der Waals surface area contributed by atoms with E-state index in [0.717, 1.165) is 0 Å². The fourth-order valence-corrected chi connectivity index (χ4v) is 0.980. The highest BCUT2D eigenvalue weighted by Crippen LogP contribution is 1.96. The molecule has 0 fully saturated rings. The summed E-state index contributed by atoms with van der Waals surface area (Å²) in [5.74, 6) is -0.426. The quantitative estimate of drug-likeness (QED) is 0.370. The lowest BCUT2D eigenvalue weighted by molar-refractivity contribution is -0.0452. The zero-order valence-electron chi connectivity index (χ0n) is 5.27. The molecule has 10 heavy (non-hydrogen) atoms. The van der Waals surface area contributed by atoms with Gasteiger partial charge in [0.15, 0.2) is 6.29 Å². The van der Waals surface area contributed by atoms with Gasteiger partial charge in [-0.15, -0.1) is 0 Å². The Labute approximate surface area is 59.1 Å².